The summed E-state index contributed by atoms with van der Waals surface area (Å²) in [5.74, 6) is 0. The summed E-state index contributed by atoms with van der Waals surface area (Å²) in [6.07, 6.45) is 2.56. The zero-order valence-electron chi connectivity index (χ0n) is 9.96. The van der Waals surface area contributed by atoms with E-state index in [-0.39, 0.29) is 0 Å². The molecule has 1 N–H and O–H groups in total. The van der Waals surface area contributed by atoms with Crippen LogP contribution in [0.15, 0.2) is 22.7 Å². The van der Waals surface area contributed by atoms with E-state index in [1.54, 1.807) is 0 Å². The molecule has 2 nitrogen and oxygen atoms in total. The van der Waals surface area contributed by atoms with Crippen LogP contribution in [0.1, 0.15) is 18.4 Å². The molecule has 1 aromatic carbocycles. The monoisotopic (exact) mass is 282 g/mol. The van der Waals surface area contributed by atoms with Crippen molar-refractivity contribution < 1.29 is 0 Å². The van der Waals surface area contributed by atoms with E-state index in [4.69, 9.17) is 0 Å². The van der Waals surface area contributed by atoms with Crippen LogP contribution in [0.4, 0.5) is 5.69 Å². The van der Waals surface area contributed by atoms with Crippen molar-refractivity contribution in [2.24, 2.45) is 0 Å². The number of likely N-dealkylation sites (N-methyl/N-ethyl adjacent to an activating group) is 1. The minimum atomic E-state index is 0.581. The molecule has 88 valence electrons. The highest BCUT2D eigenvalue weighted by molar-refractivity contribution is 9.10. The second-order valence-corrected chi connectivity index (χ2v) is 5.58. The lowest BCUT2D eigenvalue weighted by molar-refractivity contribution is 0.261. The van der Waals surface area contributed by atoms with Gasteiger partial charge in [0.2, 0.25) is 0 Å². The number of hydrogen-bond acceptors (Lipinski definition) is 2. The van der Waals surface area contributed by atoms with Crippen LogP contribution in [-0.4, -0.2) is 31.1 Å². The summed E-state index contributed by atoms with van der Waals surface area (Å²) in [6.45, 7) is 4.48. The molecule has 0 saturated carbocycles. The van der Waals surface area contributed by atoms with Gasteiger partial charge in [-0.1, -0.05) is 6.07 Å². The molecular formula is C13H19BrN2. The first-order chi connectivity index (χ1) is 7.65. The van der Waals surface area contributed by atoms with Crippen molar-refractivity contribution in [3.05, 3.63) is 28.2 Å². The standard InChI is InChI=1S/C13H19BrN2/c1-10-5-6-13(12(14)8-10)15-11-4-3-7-16(2)9-11/h5-6,8,11,15H,3-4,7,9H2,1-2H3. The predicted molar refractivity (Wildman–Crippen MR) is 73.0 cm³/mol. The molecule has 1 saturated heterocycles. The fraction of sp³-hybridized carbons (Fsp3) is 0.538. The number of nitrogens with zero attached hydrogens (tertiary/aromatic N) is 1. The summed E-state index contributed by atoms with van der Waals surface area (Å²) >= 11 is 3.61. The highest BCUT2D eigenvalue weighted by atomic mass is 79.9. The molecule has 1 unspecified atom stereocenters. The van der Waals surface area contributed by atoms with Gasteiger partial charge >= 0.3 is 0 Å². The molecule has 1 fully saturated rings. The molecule has 0 radical (unpaired) electrons. The average Bonchev–Trinajstić information content (AvgIpc) is 2.22. The highest BCUT2D eigenvalue weighted by Gasteiger charge is 2.17. The predicted octanol–water partition coefficient (Wildman–Crippen LogP) is 3.26. The van der Waals surface area contributed by atoms with Gasteiger partial charge in [-0.25, -0.2) is 0 Å². The fourth-order valence-corrected chi connectivity index (χ4v) is 2.85. The van der Waals surface area contributed by atoms with Crippen LogP contribution in [0.3, 0.4) is 0 Å². The minimum absolute atomic E-state index is 0.581. The number of benzene rings is 1. The number of nitrogens with one attached hydrogen (secondary N) is 1. The third-order valence-electron chi connectivity index (χ3n) is 3.11. The van der Waals surface area contributed by atoms with Gasteiger partial charge < -0.3 is 10.2 Å². The Morgan fingerprint density at radius 1 is 1.44 bits per heavy atom. The summed E-state index contributed by atoms with van der Waals surface area (Å²) in [4.78, 5) is 2.39. The van der Waals surface area contributed by atoms with Crippen molar-refractivity contribution in [1.82, 2.24) is 4.90 Å². The molecule has 1 aromatic rings. The molecule has 1 aliphatic rings. The zero-order chi connectivity index (χ0) is 11.5. The SMILES string of the molecule is Cc1ccc(NC2CCCN(C)C2)c(Br)c1. The smallest absolute Gasteiger partial charge is 0.0487 e. The summed E-state index contributed by atoms with van der Waals surface area (Å²) in [7, 11) is 2.19. The van der Waals surface area contributed by atoms with E-state index in [2.05, 4.69) is 58.3 Å². The molecule has 16 heavy (non-hydrogen) atoms. The lowest BCUT2D eigenvalue weighted by Gasteiger charge is -2.31. The summed E-state index contributed by atoms with van der Waals surface area (Å²) in [6, 6.07) is 7.06. The van der Waals surface area contributed by atoms with Gasteiger partial charge in [0, 0.05) is 22.7 Å². The fourth-order valence-electron chi connectivity index (χ4n) is 2.24. The number of aryl methyl sites for hydroxylation is 1. The summed E-state index contributed by atoms with van der Waals surface area (Å²) in [5, 5.41) is 3.62. The largest absolute Gasteiger partial charge is 0.380 e. The first-order valence-corrected chi connectivity index (χ1v) is 6.65. The average molecular weight is 283 g/mol. The van der Waals surface area contributed by atoms with Gasteiger partial charge in [-0.15, -0.1) is 0 Å². The van der Waals surface area contributed by atoms with Crippen molar-refractivity contribution in [1.29, 1.82) is 0 Å². The van der Waals surface area contributed by atoms with E-state index in [9.17, 15) is 0 Å². The van der Waals surface area contributed by atoms with Crippen LogP contribution >= 0.6 is 15.9 Å². The van der Waals surface area contributed by atoms with Crippen LogP contribution in [0.2, 0.25) is 0 Å². The summed E-state index contributed by atoms with van der Waals surface area (Å²) in [5.41, 5.74) is 2.50. The maximum atomic E-state index is 3.62. The molecule has 1 heterocycles. The minimum Gasteiger partial charge on any atom is -0.380 e. The highest BCUT2D eigenvalue weighted by Crippen LogP contribution is 2.25. The number of piperidine rings is 1. The molecule has 1 aliphatic heterocycles. The molecule has 0 aromatic heterocycles. The van der Waals surface area contributed by atoms with Gasteiger partial charge in [-0.3, -0.25) is 0 Å². The van der Waals surface area contributed by atoms with Crippen LogP contribution in [0.25, 0.3) is 0 Å². The van der Waals surface area contributed by atoms with Gasteiger partial charge in [-0.2, -0.15) is 0 Å². The van der Waals surface area contributed by atoms with Crippen molar-refractivity contribution in [3.63, 3.8) is 0 Å². The Hall–Kier alpha value is -0.540. The molecule has 3 heteroatoms. The van der Waals surface area contributed by atoms with Gasteiger partial charge in [0.05, 0.1) is 0 Å². The lowest BCUT2D eigenvalue weighted by Crippen LogP contribution is -2.39. The normalized spacial score (nSPS) is 22.1. The van der Waals surface area contributed by atoms with Gasteiger partial charge in [0.15, 0.2) is 0 Å². The summed E-state index contributed by atoms with van der Waals surface area (Å²) < 4.78 is 1.17. The van der Waals surface area contributed by atoms with Crippen LogP contribution in [0.5, 0.6) is 0 Å². The number of rotatable bonds is 2. The Kier molecular flexibility index (Phi) is 3.87. The number of hydrogen-bond donors (Lipinski definition) is 1. The van der Waals surface area contributed by atoms with E-state index < -0.39 is 0 Å². The Bertz CT molecular complexity index is 365. The Morgan fingerprint density at radius 2 is 2.25 bits per heavy atom. The third-order valence-corrected chi connectivity index (χ3v) is 3.76. The molecule has 2 rings (SSSR count). The van der Waals surface area contributed by atoms with E-state index in [0.717, 1.165) is 6.54 Å². The van der Waals surface area contributed by atoms with Gasteiger partial charge in [0.25, 0.3) is 0 Å². The second kappa shape index (κ2) is 5.19. The number of likely N-dealkylation sites (tertiary alicyclic amines) is 1. The second-order valence-electron chi connectivity index (χ2n) is 4.73. The van der Waals surface area contributed by atoms with Gasteiger partial charge in [-0.05, 0) is 67.0 Å². The van der Waals surface area contributed by atoms with Crippen LogP contribution in [-0.2, 0) is 0 Å². The van der Waals surface area contributed by atoms with E-state index in [1.165, 1.54) is 35.1 Å². The van der Waals surface area contributed by atoms with Crippen molar-refractivity contribution in [2.45, 2.75) is 25.8 Å². The topological polar surface area (TPSA) is 15.3 Å². The first-order valence-electron chi connectivity index (χ1n) is 5.86. The van der Waals surface area contributed by atoms with Crippen LogP contribution < -0.4 is 5.32 Å². The molecule has 0 amide bonds. The Morgan fingerprint density at radius 3 is 2.94 bits per heavy atom. The van der Waals surface area contributed by atoms with Crippen molar-refractivity contribution in [2.75, 3.05) is 25.5 Å². The number of halogens is 1. The van der Waals surface area contributed by atoms with Crippen molar-refractivity contribution >= 4 is 21.6 Å². The molecule has 1 atom stereocenters. The van der Waals surface area contributed by atoms with Crippen molar-refractivity contribution in [3.8, 4) is 0 Å². The molecule has 0 aliphatic carbocycles. The maximum Gasteiger partial charge on any atom is 0.0487 e. The van der Waals surface area contributed by atoms with Crippen LogP contribution in [0, 0.1) is 6.92 Å². The Labute approximate surface area is 106 Å². The molecule has 0 bridgehead atoms. The molecular weight excluding hydrogens is 264 g/mol. The van der Waals surface area contributed by atoms with Gasteiger partial charge in [0.1, 0.15) is 0 Å². The lowest BCUT2D eigenvalue weighted by atomic mass is 10.1. The van der Waals surface area contributed by atoms with E-state index >= 15 is 0 Å². The third kappa shape index (κ3) is 2.98. The van der Waals surface area contributed by atoms with E-state index in [1.807, 2.05) is 0 Å². The zero-order valence-corrected chi connectivity index (χ0v) is 11.5. The first kappa shape index (κ1) is 11.9. The maximum absolute atomic E-state index is 3.62. The number of anilines is 1. The Balaban J connectivity index is 2.02. The molecule has 0 spiro atoms. The van der Waals surface area contributed by atoms with E-state index in [0.29, 0.717) is 6.04 Å². The quantitative estimate of drug-likeness (QED) is 0.896.